The summed E-state index contributed by atoms with van der Waals surface area (Å²) in [7, 11) is 0. The number of halogens is 2. The van der Waals surface area contributed by atoms with Crippen molar-refractivity contribution in [2.24, 2.45) is 0 Å². The van der Waals surface area contributed by atoms with Crippen LogP contribution in [-0.4, -0.2) is 24.1 Å². The molecule has 1 aromatic rings. The van der Waals surface area contributed by atoms with Crippen LogP contribution in [0.5, 0.6) is 0 Å². The van der Waals surface area contributed by atoms with Crippen LogP contribution >= 0.6 is 11.8 Å². The molecule has 1 unspecified atom stereocenters. The van der Waals surface area contributed by atoms with Gasteiger partial charge in [0.05, 0.1) is 0 Å². The summed E-state index contributed by atoms with van der Waals surface area (Å²) in [4.78, 5) is 0. The number of rotatable bonds is 9. The lowest BCUT2D eigenvalue weighted by molar-refractivity contribution is 0.524. The Morgan fingerprint density at radius 3 is 2.63 bits per heavy atom. The maximum Gasteiger partial charge on any atom is 0.129 e. The summed E-state index contributed by atoms with van der Waals surface area (Å²) in [6.07, 6.45) is 2.82. The van der Waals surface area contributed by atoms with Gasteiger partial charge in [0.25, 0.3) is 0 Å². The van der Waals surface area contributed by atoms with Crippen molar-refractivity contribution >= 4 is 11.8 Å². The van der Waals surface area contributed by atoms with Crippen LogP contribution in [0.15, 0.2) is 18.2 Å². The van der Waals surface area contributed by atoms with Gasteiger partial charge < -0.3 is 5.32 Å². The van der Waals surface area contributed by atoms with E-state index in [2.05, 4.69) is 19.2 Å². The third-order valence-electron chi connectivity index (χ3n) is 2.83. The summed E-state index contributed by atoms with van der Waals surface area (Å²) in [5.74, 6) is 1.13. The Bertz CT molecular complexity index is 371. The van der Waals surface area contributed by atoms with E-state index in [0.717, 1.165) is 37.0 Å². The molecule has 1 N–H and O–H groups in total. The van der Waals surface area contributed by atoms with Gasteiger partial charge in [-0.3, -0.25) is 0 Å². The fraction of sp³-hybridized carbons (Fsp3) is 0.600. The quantitative estimate of drug-likeness (QED) is 0.689. The predicted octanol–water partition coefficient (Wildman–Crippen LogP) is 4.02. The molecule has 1 nitrogen and oxygen atoms in total. The van der Waals surface area contributed by atoms with Crippen LogP contribution in [-0.2, 0) is 6.42 Å². The smallest absolute Gasteiger partial charge is 0.129 e. The summed E-state index contributed by atoms with van der Waals surface area (Å²) in [6.45, 7) is 5.20. The Kier molecular flexibility index (Phi) is 8.07. The Morgan fingerprint density at radius 1 is 1.21 bits per heavy atom. The molecular formula is C15H23F2NS. The van der Waals surface area contributed by atoms with Crippen molar-refractivity contribution in [1.82, 2.24) is 5.32 Å². The van der Waals surface area contributed by atoms with Crippen LogP contribution in [0.2, 0.25) is 0 Å². The molecular weight excluding hydrogens is 264 g/mol. The van der Waals surface area contributed by atoms with Gasteiger partial charge >= 0.3 is 0 Å². The molecule has 0 saturated heterocycles. The first-order valence-corrected chi connectivity index (χ1v) is 8.07. The molecule has 0 fully saturated rings. The lowest BCUT2D eigenvalue weighted by Crippen LogP contribution is -2.34. The third-order valence-corrected chi connectivity index (χ3v) is 4.17. The Morgan fingerprint density at radius 2 is 2.00 bits per heavy atom. The largest absolute Gasteiger partial charge is 0.313 e. The van der Waals surface area contributed by atoms with Gasteiger partial charge in [0.1, 0.15) is 11.6 Å². The van der Waals surface area contributed by atoms with Crippen molar-refractivity contribution in [3.8, 4) is 0 Å². The lowest BCUT2D eigenvalue weighted by atomic mass is 10.1. The molecule has 4 heteroatoms. The first kappa shape index (κ1) is 16.4. The van der Waals surface area contributed by atoms with E-state index in [9.17, 15) is 8.78 Å². The minimum absolute atomic E-state index is 0.247. The van der Waals surface area contributed by atoms with E-state index < -0.39 is 11.6 Å². The minimum atomic E-state index is -0.514. The second-order valence-corrected chi connectivity index (χ2v) is 5.82. The molecule has 0 amide bonds. The number of hydrogen-bond donors (Lipinski definition) is 1. The first-order valence-electron chi connectivity index (χ1n) is 6.92. The zero-order valence-corrected chi connectivity index (χ0v) is 12.5. The van der Waals surface area contributed by atoms with Gasteiger partial charge in [0.2, 0.25) is 0 Å². The van der Waals surface area contributed by atoms with Gasteiger partial charge in [0.15, 0.2) is 0 Å². The van der Waals surface area contributed by atoms with E-state index in [-0.39, 0.29) is 6.04 Å². The van der Waals surface area contributed by atoms with Gasteiger partial charge in [-0.2, -0.15) is 11.8 Å². The zero-order valence-electron chi connectivity index (χ0n) is 11.7. The molecule has 1 aromatic carbocycles. The van der Waals surface area contributed by atoms with Crippen LogP contribution in [0.4, 0.5) is 8.78 Å². The highest BCUT2D eigenvalue weighted by molar-refractivity contribution is 7.99. The van der Waals surface area contributed by atoms with Gasteiger partial charge in [-0.25, -0.2) is 8.78 Å². The Hall–Kier alpha value is -0.610. The van der Waals surface area contributed by atoms with E-state index in [4.69, 9.17) is 0 Å². The number of hydrogen-bond acceptors (Lipinski definition) is 2. The second kappa shape index (κ2) is 9.32. The van der Waals surface area contributed by atoms with Gasteiger partial charge in [-0.1, -0.05) is 19.9 Å². The standard InChI is InChI=1S/C15H23F2NS/c1-3-7-18-14(11-19-8-4-2)9-12-5-6-13(16)10-15(12)17/h5-6,10,14,18H,3-4,7-9,11H2,1-2H3. The first-order chi connectivity index (χ1) is 9.17. The highest BCUT2D eigenvalue weighted by Gasteiger charge is 2.12. The van der Waals surface area contributed by atoms with Gasteiger partial charge in [-0.05, 0) is 43.2 Å². The minimum Gasteiger partial charge on any atom is -0.313 e. The summed E-state index contributed by atoms with van der Waals surface area (Å²) < 4.78 is 26.5. The highest BCUT2D eigenvalue weighted by Crippen LogP contribution is 2.14. The van der Waals surface area contributed by atoms with E-state index >= 15 is 0 Å². The fourth-order valence-corrected chi connectivity index (χ4v) is 2.84. The Labute approximate surface area is 119 Å². The SMILES string of the molecule is CCCNC(CSCCC)Cc1ccc(F)cc1F. The third kappa shape index (κ3) is 6.39. The Balaban J connectivity index is 2.58. The lowest BCUT2D eigenvalue weighted by Gasteiger charge is -2.18. The highest BCUT2D eigenvalue weighted by atomic mass is 32.2. The predicted molar refractivity (Wildman–Crippen MR) is 79.8 cm³/mol. The molecule has 108 valence electrons. The average Bonchev–Trinajstić information content (AvgIpc) is 2.39. The number of nitrogens with one attached hydrogen (secondary N) is 1. The van der Waals surface area contributed by atoms with Crippen LogP contribution < -0.4 is 5.32 Å². The fourth-order valence-electron chi connectivity index (χ4n) is 1.86. The molecule has 0 aliphatic carbocycles. The van der Waals surface area contributed by atoms with Gasteiger partial charge in [-0.15, -0.1) is 0 Å². The van der Waals surface area contributed by atoms with E-state index in [1.165, 1.54) is 6.07 Å². The zero-order chi connectivity index (χ0) is 14.1. The molecule has 0 aliphatic heterocycles. The van der Waals surface area contributed by atoms with Crippen molar-refractivity contribution in [2.45, 2.75) is 39.2 Å². The van der Waals surface area contributed by atoms with Crippen molar-refractivity contribution < 1.29 is 8.78 Å². The maximum atomic E-state index is 13.6. The molecule has 0 aliphatic rings. The number of thioether (sulfide) groups is 1. The molecule has 0 aromatic heterocycles. The summed E-state index contributed by atoms with van der Waals surface area (Å²) in [6, 6.07) is 4.09. The normalized spacial score (nSPS) is 12.6. The molecule has 0 radical (unpaired) electrons. The molecule has 1 atom stereocenters. The molecule has 1 rings (SSSR count). The monoisotopic (exact) mass is 287 g/mol. The summed E-state index contributed by atoms with van der Waals surface area (Å²) >= 11 is 1.88. The maximum absolute atomic E-state index is 13.6. The molecule has 0 spiro atoms. The van der Waals surface area contributed by atoms with E-state index in [0.29, 0.717) is 12.0 Å². The molecule has 0 bridgehead atoms. The van der Waals surface area contributed by atoms with Crippen molar-refractivity contribution in [3.05, 3.63) is 35.4 Å². The average molecular weight is 287 g/mol. The van der Waals surface area contributed by atoms with Crippen LogP contribution in [0.25, 0.3) is 0 Å². The van der Waals surface area contributed by atoms with E-state index in [1.54, 1.807) is 6.07 Å². The number of benzene rings is 1. The summed E-state index contributed by atoms with van der Waals surface area (Å²) in [5, 5.41) is 3.44. The second-order valence-electron chi connectivity index (χ2n) is 4.67. The van der Waals surface area contributed by atoms with Gasteiger partial charge in [0, 0.05) is 17.9 Å². The molecule has 19 heavy (non-hydrogen) atoms. The van der Waals surface area contributed by atoms with Crippen molar-refractivity contribution in [1.29, 1.82) is 0 Å². The van der Waals surface area contributed by atoms with Crippen molar-refractivity contribution in [3.63, 3.8) is 0 Å². The topological polar surface area (TPSA) is 12.0 Å². The molecule has 0 heterocycles. The van der Waals surface area contributed by atoms with Crippen molar-refractivity contribution in [2.75, 3.05) is 18.1 Å². The van der Waals surface area contributed by atoms with Crippen LogP contribution in [0.1, 0.15) is 32.3 Å². The van der Waals surface area contributed by atoms with Crippen LogP contribution in [0, 0.1) is 11.6 Å². The van der Waals surface area contributed by atoms with E-state index in [1.807, 2.05) is 11.8 Å². The summed E-state index contributed by atoms with van der Waals surface area (Å²) in [5.41, 5.74) is 0.590. The van der Waals surface area contributed by atoms with Crippen LogP contribution in [0.3, 0.4) is 0 Å². The molecule has 0 saturated carbocycles.